The lowest BCUT2D eigenvalue weighted by atomic mass is 9.94. The Morgan fingerprint density at radius 3 is 2.53 bits per heavy atom. The first-order valence-corrected chi connectivity index (χ1v) is 12.8. The zero-order valence-corrected chi connectivity index (χ0v) is 20.9. The quantitative estimate of drug-likeness (QED) is 0.448. The van der Waals surface area contributed by atoms with Gasteiger partial charge in [-0.05, 0) is 80.1 Å². The van der Waals surface area contributed by atoms with Crippen molar-refractivity contribution in [2.75, 3.05) is 11.9 Å². The van der Waals surface area contributed by atoms with E-state index < -0.39 is 0 Å². The summed E-state index contributed by atoms with van der Waals surface area (Å²) in [5.74, 6) is 0.283. The van der Waals surface area contributed by atoms with Crippen LogP contribution in [0, 0.1) is 12.7 Å². The highest BCUT2D eigenvalue weighted by Gasteiger charge is 2.22. The van der Waals surface area contributed by atoms with Gasteiger partial charge in [0.15, 0.2) is 0 Å². The van der Waals surface area contributed by atoms with Gasteiger partial charge in [-0.3, -0.25) is 9.48 Å². The standard InChI is InChI=1S/C29H33FN4O2/c1-19-27(18-32-34(19)2)26-16-25-20(15-28(26)30)17-31-14-13-24(25)29(35)33-21-9-11-23(12-10-21)36-22-7-5-3-4-6-8-22/h9-13,15-16,18,22,31H,3-8,14,17H2,1-2H3,(H,33,35). The van der Waals surface area contributed by atoms with E-state index in [4.69, 9.17) is 4.74 Å². The molecule has 188 valence electrons. The molecule has 1 fully saturated rings. The minimum atomic E-state index is -0.322. The van der Waals surface area contributed by atoms with E-state index in [0.29, 0.717) is 29.9 Å². The second kappa shape index (κ2) is 10.7. The lowest BCUT2D eigenvalue weighted by Crippen LogP contribution is -2.16. The van der Waals surface area contributed by atoms with Crippen LogP contribution < -0.4 is 15.4 Å². The van der Waals surface area contributed by atoms with Crippen LogP contribution in [0.3, 0.4) is 0 Å². The molecule has 1 aromatic heterocycles. The minimum absolute atomic E-state index is 0.224. The number of aryl methyl sites for hydroxylation is 1. The molecular weight excluding hydrogens is 455 g/mol. The van der Waals surface area contributed by atoms with Crippen LogP contribution in [0.1, 0.15) is 55.3 Å². The Bertz CT molecular complexity index is 1270. The van der Waals surface area contributed by atoms with Crippen molar-refractivity contribution >= 4 is 17.2 Å². The van der Waals surface area contributed by atoms with Crippen LogP contribution in [0.15, 0.2) is 48.7 Å². The Hall–Kier alpha value is -3.45. The summed E-state index contributed by atoms with van der Waals surface area (Å²) in [5, 5.41) is 10.5. The number of ether oxygens (including phenoxy) is 1. The smallest absolute Gasteiger partial charge is 0.256 e. The molecule has 6 nitrogen and oxygen atoms in total. The van der Waals surface area contributed by atoms with Crippen LogP contribution in [0.4, 0.5) is 10.1 Å². The number of fused-ring (bicyclic) bond motifs is 1. The summed E-state index contributed by atoms with van der Waals surface area (Å²) in [4.78, 5) is 13.4. The van der Waals surface area contributed by atoms with Crippen molar-refractivity contribution in [3.8, 4) is 16.9 Å². The van der Waals surface area contributed by atoms with E-state index in [1.54, 1.807) is 16.9 Å². The number of hydrogen-bond acceptors (Lipinski definition) is 4. The van der Waals surface area contributed by atoms with Gasteiger partial charge in [0.2, 0.25) is 0 Å². The normalized spacial score (nSPS) is 16.5. The van der Waals surface area contributed by atoms with E-state index in [1.807, 2.05) is 44.3 Å². The monoisotopic (exact) mass is 488 g/mol. The van der Waals surface area contributed by atoms with Crippen molar-refractivity contribution in [2.24, 2.45) is 7.05 Å². The van der Waals surface area contributed by atoms with Crippen molar-refractivity contribution in [1.29, 1.82) is 0 Å². The molecule has 0 saturated heterocycles. The average molecular weight is 489 g/mol. The second-order valence-corrected chi connectivity index (χ2v) is 9.72. The number of halogens is 1. The van der Waals surface area contributed by atoms with Crippen molar-refractivity contribution in [3.63, 3.8) is 0 Å². The summed E-state index contributed by atoms with van der Waals surface area (Å²) in [7, 11) is 1.83. The molecule has 2 N–H and O–H groups in total. The maximum Gasteiger partial charge on any atom is 0.256 e. The van der Waals surface area contributed by atoms with Crippen LogP contribution >= 0.6 is 0 Å². The lowest BCUT2D eigenvalue weighted by Gasteiger charge is -2.17. The highest BCUT2D eigenvalue weighted by molar-refractivity contribution is 6.25. The summed E-state index contributed by atoms with van der Waals surface area (Å²) in [5.41, 5.74) is 4.73. The Balaban J connectivity index is 1.35. The van der Waals surface area contributed by atoms with Crippen molar-refractivity contribution in [3.05, 3.63) is 71.3 Å². The summed E-state index contributed by atoms with van der Waals surface area (Å²) < 4.78 is 23.0. The topological polar surface area (TPSA) is 68.2 Å². The van der Waals surface area contributed by atoms with Gasteiger partial charge in [0.25, 0.3) is 5.91 Å². The Morgan fingerprint density at radius 2 is 1.83 bits per heavy atom. The molecule has 0 unspecified atom stereocenters. The number of amides is 1. The highest BCUT2D eigenvalue weighted by Crippen LogP contribution is 2.33. The van der Waals surface area contributed by atoms with E-state index in [0.717, 1.165) is 41.0 Å². The molecule has 1 aliphatic carbocycles. The molecule has 1 aliphatic heterocycles. The number of aromatic nitrogens is 2. The third-order valence-corrected chi connectivity index (χ3v) is 7.24. The predicted molar refractivity (Wildman–Crippen MR) is 140 cm³/mol. The molecule has 7 heteroatoms. The van der Waals surface area contributed by atoms with Gasteiger partial charge in [-0.15, -0.1) is 0 Å². The molecule has 36 heavy (non-hydrogen) atoms. The number of nitrogens with one attached hydrogen (secondary N) is 2. The summed E-state index contributed by atoms with van der Waals surface area (Å²) in [6, 6.07) is 10.9. The van der Waals surface area contributed by atoms with E-state index in [2.05, 4.69) is 15.7 Å². The second-order valence-electron chi connectivity index (χ2n) is 9.72. The first-order chi connectivity index (χ1) is 17.5. The first kappa shape index (κ1) is 24.3. The fourth-order valence-corrected chi connectivity index (χ4v) is 5.05. The first-order valence-electron chi connectivity index (χ1n) is 12.8. The fourth-order valence-electron chi connectivity index (χ4n) is 5.05. The predicted octanol–water partition coefficient (Wildman–Crippen LogP) is 5.76. The zero-order chi connectivity index (χ0) is 25.1. The van der Waals surface area contributed by atoms with E-state index >= 15 is 4.39 Å². The molecule has 3 aromatic rings. The van der Waals surface area contributed by atoms with Gasteiger partial charge in [0.1, 0.15) is 11.6 Å². The average Bonchev–Trinajstić information content (AvgIpc) is 3.07. The van der Waals surface area contributed by atoms with Gasteiger partial charge < -0.3 is 15.4 Å². The summed E-state index contributed by atoms with van der Waals surface area (Å²) in [6.45, 7) is 2.91. The van der Waals surface area contributed by atoms with Gasteiger partial charge >= 0.3 is 0 Å². The van der Waals surface area contributed by atoms with E-state index in [1.165, 1.54) is 31.7 Å². The number of anilines is 1. The fraction of sp³-hybridized carbons (Fsp3) is 0.379. The molecular formula is C29H33FN4O2. The molecule has 0 atom stereocenters. The van der Waals surface area contributed by atoms with Crippen LogP contribution in [0.2, 0.25) is 0 Å². The number of nitrogens with zero attached hydrogens (tertiary/aromatic N) is 2. The van der Waals surface area contributed by atoms with Gasteiger partial charge in [-0.2, -0.15) is 5.10 Å². The largest absolute Gasteiger partial charge is 0.490 e. The third kappa shape index (κ3) is 5.21. The molecule has 0 spiro atoms. The molecule has 1 saturated carbocycles. The third-order valence-electron chi connectivity index (χ3n) is 7.24. The maximum atomic E-state index is 15.1. The van der Waals surface area contributed by atoms with Crippen molar-refractivity contribution in [1.82, 2.24) is 15.1 Å². The molecule has 2 heterocycles. The molecule has 2 aromatic carbocycles. The van der Waals surface area contributed by atoms with Crippen molar-refractivity contribution < 1.29 is 13.9 Å². The van der Waals surface area contributed by atoms with Crippen LogP contribution in [-0.4, -0.2) is 28.3 Å². The van der Waals surface area contributed by atoms with Crippen molar-refractivity contribution in [2.45, 2.75) is 58.1 Å². The molecule has 0 radical (unpaired) electrons. The number of benzene rings is 2. The molecule has 5 rings (SSSR count). The zero-order valence-electron chi connectivity index (χ0n) is 20.9. The maximum absolute atomic E-state index is 15.1. The van der Waals surface area contributed by atoms with Gasteiger partial charge in [-0.1, -0.05) is 18.9 Å². The number of carbonyl (C=O) groups excluding carboxylic acids is 1. The molecule has 1 amide bonds. The van der Waals surface area contributed by atoms with Crippen LogP contribution in [-0.2, 0) is 18.4 Å². The van der Waals surface area contributed by atoms with Gasteiger partial charge in [0, 0.05) is 48.2 Å². The van der Waals surface area contributed by atoms with Crippen LogP contribution in [0.5, 0.6) is 5.75 Å². The van der Waals surface area contributed by atoms with E-state index in [9.17, 15) is 4.79 Å². The number of carbonyl (C=O) groups is 1. The minimum Gasteiger partial charge on any atom is -0.490 e. The SMILES string of the molecule is Cc1c(-c2cc3c(cc2F)CNCC=C3C(=O)Nc2ccc(OC3CCCCCC3)cc2)cnn1C. The summed E-state index contributed by atoms with van der Waals surface area (Å²) in [6.07, 6.45) is 11.0. The lowest BCUT2D eigenvalue weighted by molar-refractivity contribution is -0.111. The highest BCUT2D eigenvalue weighted by atomic mass is 19.1. The Labute approximate surface area is 211 Å². The Morgan fingerprint density at radius 1 is 1.08 bits per heavy atom. The number of hydrogen-bond donors (Lipinski definition) is 2. The number of rotatable bonds is 5. The summed E-state index contributed by atoms with van der Waals surface area (Å²) >= 11 is 0. The Kier molecular flexibility index (Phi) is 7.18. The molecule has 2 aliphatic rings. The molecule has 0 bridgehead atoms. The van der Waals surface area contributed by atoms with Gasteiger partial charge in [-0.25, -0.2) is 4.39 Å². The van der Waals surface area contributed by atoms with Crippen LogP contribution in [0.25, 0.3) is 16.7 Å². The van der Waals surface area contributed by atoms with Gasteiger partial charge in [0.05, 0.1) is 12.3 Å². The van der Waals surface area contributed by atoms with E-state index in [-0.39, 0.29) is 17.8 Å².